The first-order chi connectivity index (χ1) is 14.8. The second-order valence-corrected chi connectivity index (χ2v) is 8.34. The van der Waals surface area contributed by atoms with Crippen molar-refractivity contribution in [3.05, 3.63) is 60.2 Å². The normalized spacial score (nSPS) is 22.4. The zero-order valence-electron chi connectivity index (χ0n) is 17.6. The second kappa shape index (κ2) is 10.6. The maximum Gasteiger partial charge on any atom is 0.228 e. The Kier molecular flexibility index (Phi) is 7.38. The van der Waals surface area contributed by atoms with Gasteiger partial charge in [0.05, 0.1) is 17.7 Å². The number of hydrogen-bond donors (Lipinski definition) is 1. The van der Waals surface area contributed by atoms with Crippen LogP contribution in [0.5, 0.6) is 5.75 Å². The molecule has 0 radical (unpaired) electrons. The van der Waals surface area contributed by atoms with E-state index in [1.807, 2.05) is 30.3 Å². The molecular formula is C25H32N2O3. The van der Waals surface area contributed by atoms with E-state index in [4.69, 9.17) is 9.47 Å². The number of carbonyl (C=O) groups excluding carboxylic acids is 1. The Morgan fingerprint density at radius 1 is 1.03 bits per heavy atom. The van der Waals surface area contributed by atoms with Crippen molar-refractivity contribution in [1.29, 1.82) is 0 Å². The molecule has 5 nitrogen and oxygen atoms in total. The maximum absolute atomic E-state index is 13.0. The zero-order valence-corrected chi connectivity index (χ0v) is 17.6. The summed E-state index contributed by atoms with van der Waals surface area (Å²) in [6, 6.07) is 18.2. The minimum absolute atomic E-state index is 0.00260. The molecule has 0 saturated carbocycles. The summed E-state index contributed by atoms with van der Waals surface area (Å²) in [5.41, 5.74) is 2.04. The van der Waals surface area contributed by atoms with Gasteiger partial charge in [0.2, 0.25) is 5.91 Å². The fourth-order valence-electron chi connectivity index (χ4n) is 4.31. The van der Waals surface area contributed by atoms with Crippen LogP contribution in [-0.2, 0) is 16.1 Å². The van der Waals surface area contributed by atoms with Gasteiger partial charge in [0.1, 0.15) is 12.4 Å². The number of hydrogen-bond acceptors (Lipinski definition) is 4. The van der Waals surface area contributed by atoms with Gasteiger partial charge in [-0.25, -0.2) is 0 Å². The average molecular weight is 409 g/mol. The molecule has 1 amide bonds. The molecule has 2 aromatic carbocycles. The Bertz CT molecular complexity index is 805. The van der Waals surface area contributed by atoms with E-state index in [2.05, 4.69) is 34.5 Å². The predicted octanol–water partition coefficient (Wildman–Crippen LogP) is 4.49. The number of nitrogens with zero attached hydrogens (tertiary/aromatic N) is 1. The fraction of sp³-hybridized carbons (Fsp3) is 0.480. The van der Waals surface area contributed by atoms with E-state index in [1.165, 1.54) is 12.0 Å². The fourth-order valence-corrected chi connectivity index (χ4v) is 4.31. The summed E-state index contributed by atoms with van der Waals surface area (Å²) in [6.07, 6.45) is 5.47. The average Bonchev–Trinajstić information content (AvgIpc) is 2.80. The van der Waals surface area contributed by atoms with E-state index < -0.39 is 0 Å². The topological polar surface area (TPSA) is 50.8 Å². The van der Waals surface area contributed by atoms with Gasteiger partial charge >= 0.3 is 0 Å². The molecule has 2 fully saturated rings. The standard InChI is InChI=1S/C25H32N2O3/c28-25(21-11-8-15-27(18-21)17-20-9-2-1-3-10-20)26-23-13-4-5-14-24(23)30-19-22-12-6-7-16-29-22/h1-5,9-10,13-14,21-22H,6-8,11-12,15-19H2,(H,26,28). The lowest BCUT2D eigenvalue weighted by molar-refractivity contribution is -0.121. The highest BCUT2D eigenvalue weighted by molar-refractivity contribution is 5.94. The first-order valence-corrected chi connectivity index (χ1v) is 11.2. The molecule has 0 aromatic heterocycles. The van der Waals surface area contributed by atoms with Gasteiger partial charge in [-0.2, -0.15) is 0 Å². The highest BCUT2D eigenvalue weighted by Crippen LogP contribution is 2.27. The number of amides is 1. The zero-order chi connectivity index (χ0) is 20.6. The molecular weight excluding hydrogens is 376 g/mol. The summed E-state index contributed by atoms with van der Waals surface area (Å²) in [6.45, 7) is 4.07. The van der Waals surface area contributed by atoms with Crippen LogP contribution >= 0.6 is 0 Å². The minimum Gasteiger partial charge on any atom is -0.489 e. The third kappa shape index (κ3) is 5.83. The van der Waals surface area contributed by atoms with Crippen LogP contribution in [-0.4, -0.2) is 43.2 Å². The number of carbonyl (C=O) groups is 1. The molecule has 4 rings (SSSR count). The van der Waals surface area contributed by atoms with Crippen LogP contribution in [0.3, 0.4) is 0 Å². The van der Waals surface area contributed by atoms with Crippen LogP contribution in [0.1, 0.15) is 37.7 Å². The predicted molar refractivity (Wildman–Crippen MR) is 119 cm³/mol. The summed E-state index contributed by atoms with van der Waals surface area (Å²) in [4.78, 5) is 15.4. The highest BCUT2D eigenvalue weighted by atomic mass is 16.5. The summed E-state index contributed by atoms with van der Waals surface area (Å²) in [7, 11) is 0. The summed E-state index contributed by atoms with van der Waals surface area (Å²) in [5, 5.41) is 3.12. The number of ether oxygens (including phenoxy) is 2. The second-order valence-electron chi connectivity index (χ2n) is 8.34. The van der Waals surface area contributed by atoms with E-state index >= 15 is 0 Å². The molecule has 2 aromatic rings. The van der Waals surface area contributed by atoms with E-state index in [0.717, 1.165) is 63.4 Å². The number of para-hydroxylation sites is 2. The molecule has 0 spiro atoms. The number of likely N-dealkylation sites (tertiary alicyclic amines) is 1. The van der Waals surface area contributed by atoms with E-state index in [1.54, 1.807) is 0 Å². The van der Waals surface area contributed by atoms with Gasteiger partial charge in [-0.05, 0) is 56.3 Å². The van der Waals surface area contributed by atoms with E-state index in [0.29, 0.717) is 6.61 Å². The van der Waals surface area contributed by atoms with Gasteiger partial charge in [-0.1, -0.05) is 42.5 Å². The molecule has 0 bridgehead atoms. The lowest BCUT2D eigenvalue weighted by Crippen LogP contribution is -2.40. The summed E-state index contributed by atoms with van der Waals surface area (Å²) < 4.78 is 11.8. The molecule has 2 aliphatic heterocycles. The van der Waals surface area contributed by atoms with Gasteiger partial charge in [-0.3, -0.25) is 9.69 Å². The summed E-state index contributed by atoms with van der Waals surface area (Å²) >= 11 is 0. The molecule has 2 atom stereocenters. The van der Waals surface area contributed by atoms with Crippen molar-refractivity contribution in [3.63, 3.8) is 0 Å². The number of nitrogens with one attached hydrogen (secondary N) is 1. The lowest BCUT2D eigenvalue weighted by Gasteiger charge is -2.32. The van der Waals surface area contributed by atoms with Crippen molar-refractivity contribution in [2.75, 3.05) is 31.6 Å². The molecule has 2 aliphatic rings. The van der Waals surface area contributed by atoms with Crippen LogP contribution < -0.4 is 10.1 Å². The third-order valence-corrected chi connectivity index (χ3v) is 5.97. The van der Waals surface area contributed by atoms with Gasteiger partial charge in [0.25, 0.3) is 0 Å². The van der Waals surface area contributed by atoms with Crippen molar-refractivity contribution in [2.45, 2.75) is 44.8 Å². The molecule has 2 saturated heterocycles. The van der Waals surface area contributed by atoms with Crippen LogP contribution in [0.15, 0.2) is 54.6 Å². The maximum atomic E-state index is 13.0. The molecule has 5 heteroatoms. The first kappa shape index (κ1) is 20.9. The summed E-state index contributed by atoms with van der Waals surface area (Å²) in [5.74, 6) is 0.798. The first-order valence-electron chi connectivity index (χ1n) is 11.2. The van der Waals surface area contributed by atoms with Gasteiger partial charge in [-0.15, -0.1) is 0 Å². The lowest BCUT2D eigenvalue weighted by atomic mass is 9.96. The monoisotopic (exact) mass is 408 g/mol. The van der Waals surface area contributed by atoms with Crippen LogP contribution in [0.25, 0.3) is 0 Å². The molecule has 160 valence electrons. The molecule has 30 heavy (non-hydrogen) atoms. The highest BCUT2D eigenvalue weighted by Gasteiger charge is 2.26. The van der Waals surface area contributed by atoms with Crippen molar-refractivity contribution in [1.82, 2.24) is 4.90 Å². The minimum atomic E-state index is -0.00260. The Hall–Kier alpha value is -2.37. The van der Waals surface area contributed by atoms with Gasteiger partial charge in [0, 0.05) is 19.7 Å². The largest absolute Gasteiger partial charge is 0.489 e. The Labute approximate surface area is 179 Å². The van der Waals surface area contributed by atoms with Gasteiger partial charge in [0.15, 0.2) is 0 Å². The quantitative estimate of drug-likeness (QED) is 0.734. The van der Waals surface area contributed by atoms with Crippen molar-refractivity contribution < 1.29 is 14.3 Å². The number of piperidine rings is 1. The Morgan fingerprint density at radius 3 is 2.70 bits per heavy atom. The van der Waals surface area contributed by atoms with E-state index in [9.17, 15) is 4.79 Å². The Morgan fingerprint density at radius 2 is 1.87 bits per heavy atom. The van der Waals surface area contributed by atoms with Crippen LogP contribution in [0.4, 0.5) is 5.69 Å². The third-order valence-electron chi connectivity index (χ3n) is 5.97. The molecule has 2 heterocycles. The smallest absolute Gasteiger partial charge is 0.228 e. The van der Waals surface area contributed by atoms with Crippen LogP contribution in [0.2, 0.25) is 0 Å². The van der Waals surface area contributed by atoms with E-state index in [-0.39, 0.29) is 17.9 Å². The van der Waals surface area contributed by atoms with Crippen molar-refractivity contribution in [2.24, 2.45) is 5.92 Å². The van der Waals surface area contributed by atoms with Crippen LogP contribution in [0, 0.1) is 5.92 Å². The number of benzene rings is 2. The molecule has 2 unspecified atom stereocenters. The molecule has 0 aliphatic carbocycles. The van der Waals surface area contributed by atoms with Crippen molar-refractivity contribution >= 4 is 11.6 Å². The van der Waals surface area contributed by atoms with Gasteiger partial charge < -0.3 is 14.8 Å². The molecule has 1 N–H and O–H groups in total. The Balaban J connectivity index is 1.32. The SMILES string of the molecule is O=C(Nc1ccccc1OCC1CCCCO1)C1CCCN(Cc2ccccc2)C1. The number of rotatable bonds is 7. The van der Waals surface area contributed by atoms with Crippen molar-refractivity contribution in [3.8, 4) is 5.75 Å². The number of anilines is 1.